The van der Waals surface area contributed by atoms with Crippen LogP contribution in [0.15, 0.2) is 18.2 Å². The molecule has 4 nitrogen and oxygen atoms in total. The van der Waals surface area contributed by atoms with Crippen LogP contribution >= 0.6 is 0 Å². The van der Waals surface area contributed by atoms with Gasteiger partial charge in [-0.15, -0.1) is 0 Å². The van der Waals surface area contributed by atoms with Crippen LogP contribution in [0.2, 0.25) is 0 Å². The highest BCUT2D eigenvalue weighted by atomic mass is 16.5. The normalized spacial score (nSPS) is 17.6. The Hall–Kier alpha value is -1.71. The largest absolute Gasteiger partial charge is 0.496 e. The van der Waals surface area contributed by atoms with Crippen molar-refractivity contribution in [2.24, 2.45) is 5.41 Å². The van der Waals surface area contributed by atoms with E-state index in [4.69, 9.17) is 10.5 Å². The number of hydrogen-bond acceptors (Lipinski definition) is 3. The van der Waals surface area contributed by atoms with Gasteiger partial charge in [-0.05, 0) is 30.4 Å². The molecule has 116 valence electrons. The third-order valence-corrected chi connectivity index (χ3v) is 5.07. The van der Waals surface area contributed by atoms with Crippen molar-refractivity contribution in [3.8, 4) is 5.75 Å². The molecule has 0 atom stereocenters. The molecule has 4 heteroatoms. The quantitative estimate of drug-likeness (QED) is 0.865. The molecule has 0 saturated carbocycles. The van der Waals surface area contributed by atoms with Crippen LogP contribution in [0.25, 0.3) is 0 Å². The summed E-state index contributed by atoms with van der Waals surface area (Å²) in [4.78, 5) is 14.6. The highest BCUT2D eigenvalue weighted by Gasteiger charge is 2.33. The maximum absolute atomic E-state index is 12.7. The summed E-state index contributed by atoms with van der Waals surface area (Å²) in [6.07, 6.45) is 4.56. The van der Waals surface area contributed by atoms with Gasteiger partial charge in [-0.2, -0.15) is 0 Å². The number of ether oxygens (including phenoxy) is 1. The predicted octanol–water partition coefficient (Wildman–Crippen LogP) is 3.32. The average molecular weight is 290 g/mol. The molecule has 21 heavy (non-hydrogen) atoms. The lowest BCUT2D eigenvalue weighted by Gasteiger charge is -2.41. The molecule has 2 N–H and O–H groups in total. The van der Waals surface area contributed by atoms with Crippen molar-refractivity contribution in [1.29, 1.82) is 0 Å². The lowest BCUT2D eigenvalue weighted by Crippen LogP contribution is -2.42. The van der Waals surface area contributed by atoms with Gasteiger partial charge >= 0.3 is 0 Å². The Bertz CT molecular complexity index is 500. The van der Waals surface area contributed by atoms with E-state index in [2.05, 4.69) is 13.8 Å². The number of anilines is 1. The Morgan fingerprint density at radius 3 is 2.43 bits per heavy atom. The number of nitrogen functional groups attached to an aromatic ring is 1. The van der Waals surface area contributed by atoms with Gasteiger partial charge in [0.15, 0.2) is 0 Å². The van der Waals surface area contributed by atoms with Gasteiger partial charge in [0, 0.05) is 24.8 Å². The van der Waals surface area contributed by atoms with E-state index in [-0.39, 0.29) is 5.91 Å². The topological polar surface area (TPSA) is 55.6 Å². The van der Waals surface area contributed by atoms with E-state index in [1.54, 1.807) is 25.3 Å². The number of piperidine rings is 1. The molecule has 0 bridgehead atoms. The van der Waals surface area contributed by atoms with Crippen molar-refractivity contribution in [2.75, 3.05) is 25.9 Å². The van der Waals surface area contributed by atoms with Crippen LogP contribution in [-0.4, -0.2) is 31.0 Å². The number of amides is 1. The first-order chi connectivity index (χ1) is 10.0. The lowest BCUT2D eigenvalue weighted by atomic mass is 9.74. The van der Waals surface area contributed by atoms with E-state index >= 15 is 0 Å². The first-order valence-corrected chi connectivity index (χ1v) is 7.78. The summed E-state index contributed by atoms with van der Waals surface area (Å²) in [5.74, 6) is 0.607. The number of methoxy groups -OCH3 is 1. The van der Waals surface area contributed by atoms with Crippen molar-refractivity contribution in [1.82, 2.24) is 4.90 Å². The molecule has 1 aromatic rings. The molecule has 1 saturated heterocycles. The van der Waals surface area contributed by atoms with Crippen molar-refractivity contribution >= 4 is 11.6 Å². The first kappa shape index (κ1) is 15.7. The third-order valence-electron chi connectivity index (χ3n) is 5.07. The van der Waals surface area contributed by atoms with E-state index in [9.17, 15) is 4.79 Å². The Morgan fingerprint density at radius 1 is 1.29 bits per heavy atom. The van der Waals surface area contributed by atoms with Gasteiger partial charge in [-0.25, -0.2) is 0 Å². The predicted molar refractivity (Wildman–Crippen MR) is 85.6 cm³/mol. The van der Waals surface area contributed by atoms with Gasteiger partial charge in [0.1, 0.15) is 5.75 Å². The van der Waals surface area contributed by atoms with E-state index in [1.807, 2.05) is 4.90 Å². The molecule has 0 radical (unpaired) electrons. The molecule has 0 aromatic heterocycles. The molecule has 1 aliphatic heterocycles. The zero-order valence-corrected chi connectivity index (χ0v) is 13.3. The van der Waals surface area contributed by atoms with Crippen molar-refractivity contribution in [2.45, 2.75) is 39.5 Å². The van der Waals surface area contributed by atoms with Gasteiger partial charge in [0.05, 0.1) is 12.7 Å². The second-order valence-electron chi connectivity index (χ2n) is 5.96. The van der Waals surface area contributed by atoms with Gasteiger partial charge < -0.3 is 15.4 Å². The van der Waals surface area contributed by atoms with Crippen molar-refractivity contribution in [3.05, 3.63) is 23.8 Å². The summed E-state index contributed by atoms with van der Waals surface area (Å²) in [5, 5.41) is 0. The summed E-state index contributed by atoms with van der Waals surface area (Å²) in [6, 6.07) is 5.22. The number of carbonyl (C=O) groups excluding carboxylic acids is 1. The number of benzene rings is 1. The average Bonchev–Trinajstić information content (AvgIpc) is 2.54. The van der Waals surface area contributed by atoms with Crippen molar-refractivity contribution < 1.29 is 9.53 Å². The fourth-order valence-corrected chi connectivity index (χ4v) is 3.20. The standard InChI is InChI=1S/C17H26N2O2/c1-4-17(5-2)8-10-19(11-9-17)16(20)14-7-6-13(18)12-15(14)21-3/h6-7,12H,4-5,8-11,18H2,1-3H3. The maximum Gasteiger partial charge on any atom is 0.257 e. The SMILES string of the molecule is CCC1(CC)CCN(C(=O)c2ccc(N)cc2OC)CC1. The lowest BCUT2D eigenvalue weighted by molar-refractivity contribution is 0.0555. The van der Waals surface area contributed by atoms with Gasteiger partial charge in [0.25, 0.3) is 5.91 Å². The Labute approximate surface area is 127 Å². The molecule has 0 spiro atoms. The molecule has 0 aliphatic carbocycles. The Balaban J connectivity index is 2.12. The number of likely N-dealkylation sites (tertiary alicyclic amines) is 1. The molecular weight excluding hydrogens is 264 g/mol. The number of nitrogens with two attached hydrogens (primary N) is 1. The van der Waals surface area contributed by atoms with Gasteiger partial charge in [-0.1, -0.05) is 26.7 Å². The van der Waals surface area contributed by atoms with Crippen molar-refractivity contribution in [3.63, 3.8) is 0 Å². The third kappa shape index (κ3) is 3.14. The highest BCUT2D eigenvalue weighted by molar-refractivity contribution is 5.97. The molecule has 1 amide bonds. The molecule has 0 unspecified atom stereocenters. The first-order valence-electron chi connectivity index (χ1n) is 7.78. The molecule has 1 heterocycles. The van der Waals surface area contributed by atoms with Crippen LogP contribution in [0.5, 0.6) is 5.75 Å². The van der Waals surface area contributed by atoms with Crippen LogP contribution in [-0.2, 0) is 0 Å². The molecule has 1 aromatic carbocycles. The highest BCUT2D eigenvalue weighted by Crippen LogP contribution is 2.38. The second-order valence-corrected chi connectivity index (χ2v) is 5.96. The fraction of sp³-hybridized carbons (Fsp3) is 0.588. The number of carbonyl (C=O) groups is 1. The van der Waals surface area contributed by atoms with Crippen LogP contribution in [0.1, 0.15) is 49.9 Å². The minimum absolute atomic E-state index is 0.0488. The summed E-state index contributed by atoms with van der Waals surface area (Å²) < 4.78 is 5.29. The zero-order chi connectivity index (χ0) is 15.5. The molecule has 2 rings (SSSR count). The summed E-state index contributed by atoms with van der Waals surface area (Å²) in [5.41, 5.74) is 7.38. The monoisotopic (exact) mass is 290 g/mol. The van der Waals surface area contributed by atoms with E-state index in [1.165, 1.54) is 12.8 Å². The number of hydrogen-bond donors (Lipinski definition) is 1. The maximum atomic E-state index is 12.7. The van der Waals surface area contributed by atoms with E-state index in [0.717, 1.165) is 25.9 Å². The van der Waals surface area contributed by atoms with E-state index in [0.29, 0.717) is 22.4 Å². The summed E-state index contributed by atoms with van der Waals surface area (Å²) in [6.45, 7) is 6.16. The number of nitrogens with zero attached hydrogens (tertiary/aromatic N) is 1. The van der Waals surface area contributed by atoms with Crippen LogP contribution in [0.3, 0.4) is 0 Å². The smallest absolute Gasteiger partial charge is 0.257 e. The second kappa shape index (κ2) is 6.37. The minimum atomic E-state index is 0.0488. The van der Waals surface area contributed by atoms with E-state index < -0.39 is 0 Å². The van der Waals surface area contributed by atoms with Crippen LogP contribution < -0.4 is 10.5 Å². The van der Waals surface area contributed by atoms with Gasteiger partial charge in [-0.3, -0.25) is 4.79 Å². The molecular formula is C17H26N2O2. The summed E-state index contributed by atoms with van der Waals surface area (Å²) in [7, 11) is 1.57. The fourth-order valence-electron chi connectivity index (χ4n) is 3.20. The Morgan fingerprint density at radius 2 is 1.90 bits per heavy atom. The zero-order valence-electron chi connectivity index (χ0n) is 13.3. The summed E-state index contributed by atoms with van der Waals surface area (Å²) >= 11 is 0. The molecule has 1 fully saturated rings. The van der Waals surface area contributed by atoms with Gasteiger partial charge in [0.2, 0.25) is 0 Å². The van der Waals surface area contributed by atoms with Crippen LogP contribution in [0.4, 0.5) is 5.69 Å². The minimum Gasteiger partial charge on any atom is -0.496 e. The number of rotatable bonds is 4. The van der Waals surface area contributed by atoms with Crippen LogP contribution in [0, 0.1) is 5.41 Å². The molecule has 1 aliphatic rings. The Kier molecular flexibility index (Phi) is 4.76.